The van der Waals surface area contributed by atoms with Crippen molar-refractivity contribution in [3.63, 3.8) is 0 Å². The molecule has 1 N–H and O–H groups in total. The van der Waals surface area contributed by atoms with Gasteiger partial charge in [-0.3, -0.25) is 9.69 Å². The first-order valence-corrected chi connectivity index (χ1v) is 11.0. The van der Waals surface area contributed by atoms with Crippen LogP contribution in [0.1, 0.15) is 21.3 Å². The predicted molar refractivity (Wildman–Crippen MR) is 120 cm³/mol. The molecular formula is C24H26N2O3S. The van der Waals surface area contributed by atoms with E-state index in [-0.39, 0.29) is 11.9 Å². The molecule has 4 rings (SSSR count). The second-order valence-electron chi connectivity index (χ2n) is 7.18. The lowest BCUT2D eigenvalue weighted by atomic mass is 10.0. The molecule has 2 heterocycles. The van der Waals surface area contributed by atoms with Crippen LogP contribution in [0.4, 0.5) is 0 Å². The van der Waals surface area contributed by atoms with Crippen molar-refractivity contribution in [3.8, 4) is 16.9 Å². The average molecular weight is 423 g/mol. The maximum Gasteiger partial charge on any atom is 0.262 e. The molecule has 0 bridgehead atoms. The highest BCUT2D eigenvalue weighted by molar-refractivity contribution is 7.12. The van der Waals surface area contributed by atoms with Gasteiger partial charge >= 0.3 is 0 Å². The first kappa shape index (κ1) is 20.6. The van der Waals surface area contributed by atoms with Crippen molar-refractivity contribution >= 4 is 17.2 Å². The highest BCUT2D eigenvalue weighted by Crippen LogP contribution is 2.29. The van der Waals surface area contributed by atoms with E-state index in [0.29, 0.717) is 19.8 Å². The van der Waals surface area contributed by atoms with E-state index in [2.05, 4.69) is 22.3 Å². The summed E-state index contributed by atoms with van der Waals surface area (Å²) in [4.78, 5) is 16.2. The Hall–Kier alpha value is -2.67. The monoisotopic (exact) mass is 422 g/mol. The molecule has 1 aliphatic rings. The molecule has 3 aromatic rings. The van der Waals surface area contributed by atoms with E-state index < -0.39 is 0 Å². The van der Waals surface area contributed by atoms with Crippen LogP contribution in [-0.4, -0.2) is 50.8 Å². The van der Waals surface area contributed by atoms with Gasteiger partial charge in [-0.2, -0.15) is 0 Å². The molecule has 1 amide bonds. The fourth-order valence-corrected chi connectivity index (χ4v) is 4.61. The molecular weight excluding hydrogens is 396 g/mol. The minimum atomic E-state index is -0.0318. The van der Waals surface area contributed by atoms with E-state index in [1.165, 1.54) is 11.3 Å². The first-order chi connectivity index (χ1) is 14.8. The minimum absolute atomic E-state index is 0.0318. The van der Waals surface area contributed by atoms with Crippen molar-refractivity contribution in [3.05, 3.63) is 76.5 Å². The molecule has 30 heavy (non-hydrogen) atoms. The van der Waals surface area contributed by atoms with Crippen LogP contribution in [0.5, 0.6) is 5.75 Å². The van der Waals surface area contributed by atoms with Crippen molar-refractivity contribution in [2.75, 3.05) is 40.0 Å². The summed E-state index contributed by atoms with van der Waals surface area (Å²) in [6, 6.07) is 20.2. The molecule has 0 unspecified atom stereocenters. The maximum atomic E-state index is 13.1. The Morgan fingerprint density at radius 2 is 1.83 bits per heavy atom. The van der Waals surface area contributed by atoms with E-state index in [9.17, 15) is 4.79 Å². The average Bonchev–Trinajstić information content (AvgIpc) is 3.31. The normalized spacial score (nSPS) is 15.5. The third-order valence-corrected chi connectivity index (χ3v) is 6.31. The van der Waals surface area contributed by atoms with Gasteiger partial charge in [0.25, 0.3) is 5.91 Å². The lowest BCUT2D eigenvalue weighted by Gasteiger charge is -2.35. The summed E-state index contributed by atoms with van der Waals surface area (Å²) in [5.74, 6) is 0.797. The molecule has 2 aromatic carbocycles. The quantitative estimate of drug-likeness (QED) is 0.619. The molecule has 1 aromatic heterocycles. The van der Waals surface area contributed by atoms with Gasteiger partial charge in [0.2, 0.25) is 0 Å². The van der Waals surface area contributed by atoms with E-state index in [4.69, 9.17) is 9.47 Å². The summed E-state index contributed by atoms with van der Waals surface area (Å²) >= 11 is 1.48. The molecule has 5 nitrogen and oxygen atoms in total. The maximum absolute atomic E-state index is 13.1. The van der Waals surface area contributed by atoms with Crippen molar-refractivity contribution in [2.24, 2.45) is 0 Å². The van der Waals surface area contributed by atoms with Crippen LogP contribution >= 0.6 is 11.3 Å². The summed E-state index contributed by atoms with van der Waals surface area (Å²) in [5, 5.41) is 5.15. The van der Waals surface area contributed by atoms with Gasteiger partial charge in [0, 0.05) is 25.2 Å². The molecule has 0 spiro atoms. The zero-order chi connectivity index (χ0) is 20.8. The number of hydrogen-bond acceptors (Lipinski definition) is 5. The summed E-state index contributed by atoms with van der Waals surface area (Å²) in [5.41, 5.74) is 3.20. The van der Waals surface area contributed by atoms with Gasteiger partial charge < -0.3 is 14.8 Å². The van der Waals surface area contributed by atoms with Gasteiger partial charge in [-0.15, -0.1) is 11.3 Å². The number of morpholine rings is 1. The van der Waals surface area contributed by atoms with Gasteiger partial charge in [-0.25, -0.2) is 0 Å². The van der Waals surface area contributed by atoms with Crippen LogP contribution in [0.25, 0.3) is 11.1 Å². The second kappa shape index (κ2) is 9.89. The summed E-state index contributed by atoms with van der Waals surface area (Å²) in [6.45, 7) is 3.66. The number of benzene rings is 2. The predicted octanol–water partition coefficient (Wildman–Crippen LogP) is 4.23. The largest absolute Gasteiger partial charge is 0.497 e. The van der Waals surface area contributed by atoms with Gasteiger partial charge in [0.15, 0.2) is 0 Å². The summed E-state index contributed by atoms with van der Waals surface area (Å²) in [7, 11) is 1.67. The molecule has 0 saturated carbocycles. The van der Waals surface area contributed by atoms with Crippen molar-refractivity contribution in [2.45, 2.75) is 6.04 Å². The molecule has 0 radical (unpaired) electrons. The number of methoxy groups -OCH3 is 1. The van der Waals surface area contributed by atoms with Crippen molar-refractivity contribution < 1.29 is 14.3 Å². The van der Waals surface area contributed by atoms with Crippen molar-refractivity contribution in [1.82, 2.24) is 10.2 Å². The number of ether oxygens (including phenoxy) is 2. The third kappa shape index (κ3) is 4.73. The Morgan fingerprint density at radius 3 is 2.53 bits per heavy atom. The Morgan fingerprint density at radius 1 is 1.10 bits per heavy atom. The van der Waals surface area contributed by atoms with Crippen LogP contribution in [0.2, 0.25) is 0 Å². The fraction of sp³-hybridized carbons (Fsp3) is 0.292. The van der Waals surface area contributed by atoms with E-state index in [1.54, 1.807) is 7.11 Å². The standard InChI is InChI=1S/C24H26N2O3S/c1-28-20-9-7-19(8-10-20)22(26-12-14-29-15-13-26)17-25-24(27)23-21(11-16-30-23)18-5-3-2-4-6-18/h2-11,16,22H,12-15,17H2,1H3,(H,25,27)/t22-/m0/s1. The van der Waals surface area contributed by atoms with Gasteiger partial charge in [-0.05, 0) is 34.7 Å². The fourth-order valence-electron chi connectivity index (χ4n) is 3.77. The Balaban J connectivity index is 1.51. The Bertz CT molecular complexity index is 950. The van der Waals surface area contributed by atoms with Gasteiger partial charge in [0.1, 0.15) is 5.75 Å². The number of nitrogens with one attached hydrogen (secondary N) is 1. The second-order valence-corrected chi connectivity index (χ2v) is 8.09. The van der Waals surface area contributed by atoms with Crippen molar-refractivity contribution in [1.29, 1.82) is 0 Å². The zero-order valence-electron chi connectivity index (χ0n) is 17.0. The van der Waals surface area contributed by atoms with Gasteiger partial charge in [0.05, 0.1) is 31.2 Å². The van der Waals surface area contributed by atoms with Crippen LogP contribution in [0.3, 0.4) is 0 Å². The molecule has 6 heteroatoms. The molecule has 1 aliphatic heterocycles. The molecule has 156 valence electrons. The summed E-state index contributed by atoms with van der Waals surface area (Å²) in [6.07, 6.45) is 0. The highest BCUT2D eigenvalue weighted by atomic mass is 32.1. The zero-order valence-corrected chi connectivity index (χ0v) is 17.9. The third-order valence-electron chi connectivity index (χ3n) is 5.40. The number of nitrogens with zero attached hydrogens (tertiary/aromatic N) is 1. The lowest BCUT2D eigenvalue weighted by molar-refractivity contribution is 0.0162. The molecule has 1 atom stereocenters. The van der Waals surface area contributed by atoms with Crippen LogP contribution in [-0.2, 0) is 4.74 Å². The number of thiophene rings is 1. The first-order valence-electron chi connectivity index (χ1n) is 10.1. The number of carbonyl (C=O) groups is 1. The molecule has 1 fully saturated rings. The van der Waals surface area contributed by atoms with Gasteiger partial charge in [-0.1, -0.05) is 42.5 Å². The van der Waals surface area contributed by atoms with Crippen LogP contribution in [0.15, 0.2) is 66.0 Å². The van der Waals surface area contributed by atoms with E-state index >= 15 is 0 Å². The number of carbonyl (C=O) groups excluding carboxylic acids is 1. The summed E-state index contributed by atoms with van der Waals surface area (Å²) < 4.78 is 10.8. The van der Waals surface area contributed by atoms with E-state index in [1.807, 2.05) is 53.9 Å². The van der Waals surface area contributed by atoms with Crippen LogP contribution in [0, 0.1) is 0 Å². The minimum Gasteiger partial charge on any atom is -0.497 e. The Labute approximate surface area is 181 Å². The number of hydrogen-bond donors (Lipinski definition) is 1. The highest BCUT2D eigenvalue weighted by Gasteiger charge is 2.24. The smallest absolute Gasteiger partial charge is 0.262 e. The molecule has 1 saturated heterocycles. The SMILES string of the molecule is COc1ccc([C@H](CNC(=O)c2sccc2-c2ccccc2)N2CCOCC2)cc1. The lowest BCUT2D eigenvalue weighted by Crippen LogP contribution is -2.43. The van der Waals surface area contributed by atoms with Crippen LogP contribution < -0.4 is 10.1 Å². The Kier molecular flexibility index (Phi) is 6.79. The number of amides is 1. The molecule has 0 aliphatic carbocycles. The van der Waals surface area contributed by atoms with E-state index in [0.717, 1.165) is 40.4 Å². The topological polar surface area (TPSA) is 50.8 Å². The number of rotatable bonds is 7.